The lowest BCUT2D eigenvalue weighted by molar-refractivity contribution is -0.148. The minimum absolute atomic E-state index is 0.0990. The van der Waals surface area contributed by atoms with Gasteiger partial charge in [-0.25, -0.2) is 0 Å². The van der Waals surface area contributed by atoms with Crippen molar-refractivity contribution in [2.45, 2.75) is 33.3 Å². The summed E-state index contributed by atoms with van der Waals surface area (Å²) in [4.78, 5) is 22.9. The molecule has 0 aromatic heterocycles. The van der Waals surface area contributed by atoms with Gasteiger partial charge in [0.1, 0.15) is 0 Å². The Bertz CT molecular complexity index is 317. The molecule has 2 unspecified atom stereocenters. The molecule has 0 bridgehead atoms. The summed E-state index contributed by atoms with van der Waals surface area (Å²) in [6.45, 7) is 7.15. The quantitative estimate of drug-likeness (QED) is 0.768. The lowest BCUT2D eigenvalue weighted by Gasteiger charge is -2.25. The topological polar surface area (TPSA) is 84.9 Å². The summed E-state index contributed by atoms with van der Waals surface area (Å²) >= 11 is 0. The van der Waals surface area contributed by atoms with Crippen LogP contribution in [0.2, 0.25) is 0 Å². The van der Waals surface area contributed by atoms with E-state index in [4.69, 9.17) is 14.6 Å². The highest BCUT2D eigenvalue weighted by molar-refractivity contribution is 5.81. The molecule has 1 saturated heterocycles. The summed E-state index contributed by atoms with van der Waals surface area (Å²) in [6.07, 6.45) is -0.122. The van der Waals surface area contributed by atoms with Gasteiger partial charge in [-0.1, -0.05) is 20.8 Å². The molecular weight excluding hydrogens is 250 g/mol. The lowest BCUT2D eigenvalue weighted by atomic mass is 9.84. The Kier molecular flexibility index (Phi) is 5.75. The van der Waals surface area contributed by atoms with Gasteiger partial charge in [-0.3, -0.25) is 9.59 Å². The Morgan fingerprint density at radius 1 is 1.37 bits per heavy atom. The summed E-state index contributed by atoms with van der Waals surface area (Å²) in [5.74, 6) is -1.79. The van der Waals surface area contributed by atoms with Crippen LogP contribution in [0.15, 0.2) is 0 Å². The second-order valence-electron chi connectivity index (χ2n) is 5.98. The van der Waals surface area contributed by atoms with Crippen molar-refractivity contribution in [2.75, 3.05) is 26.4 Å². The average Bonchev–Trinajstić information content (AvgIpc) is 2.33. The van der Waals surface area contributed by atoms with Gasteiger partial charge in [0.15, 0.2) is 6.10 Å². The predicted octanol–water partition coefficient (Wildman–Crippen LogP) is 0.655. The molecule has 19 heavy (non-hydrogen) atoms. The standard InChI is InChI=1S/C13H23NO5/c1-13(2,3)6-9(12(16)17)7-14-11(15)10-8-18-4-5-19-10/h9-10H,4-8H2,1-3H3,(H,14,15)(H,16,17). The summed E-state index contributed by atoms with van der Waals surface area (Å²) in [7, 11) is 0. The molecule has 6 nitrogen and oxygen atoms in total. The first-order valence-electron chi connectivity index (χ1n) is 6.49. The highest BCUT2D eigenvalue weighted by atomic mass is 16.6. The fourth-order valence-electron chi connectivity index (χ4n) is 1.96. The van der Waals surface area contributed by atoms with Crippen LogP contribution in [0.5, 0.6) is 0 Å². The zero-order valence-corrected chi connectivity index (χ0v) is 11.8. The van der Waals surface area contributed by atoms with E-state index in [0.29, 0.717) is 19.6 Å². The van der Waals surface area contributed by atoms with Gasteiger partial charge in [-0.05, 0) is 11.8 Å². The van der Waals surface area contributed by atoms with Crippen LogP contribution in [0.4, 0.5) is 0 Å². The van der Waals surface area contributed by atoms with Crippen molar-refractivity contribution < 1.29 is 24.2 Å². The summed E-state index contributed by atoms with van der Waals surface area (Å²) in [5, 5.41) is 11.8. The number of carbonyl (C=O) groups excluding carboxylic acids is 1. The molecule has 2 N–H and O–H groups in total. The molecule has 110 valence electrons. The van der Waals surface area contributed by atoms with E-state index in [2.05, 4.69) is 5.32 Å². The monoisotopic (exact) mass is 273 g/mol. The number of hydrogen-bond donors (Lipinski definition) is 2. The minimum atomic E-state index is -0.893. The molecule has 1 rings (SSSR count). The van der Waals surface area contributed by atoms with Crippen molar-refractivity contribution in [1.29, 1.82) is 0 Å². The fraction of sp³-hybridized carbons (Fsp3) is 0.846. The van der Waals surface area contributed by atoms with Crippen molar-refractivity contribution in [3.05, 3.63) is 0 Å². The Hall–Kier alpha value is -1.14. The molecule has 0 spiro atoms. The van der Waals surface area contributed by atoms with Gasteiger partial charge in [0.25, 0.3) is 5.91 Å². The number of carboxylic acids is 1. The van der Waals surface area contributed by atoms with E-state index in [9.17, 15) is 9.59 Å². The van der Waals surface area contributed by atoms with Crippen LogP contribution in [-0.2, 0) is 19.1 Å². The molecular formula is C13H23NO5. The normalized spacial score (nSPS) is 21.7. The Morgan fingerprint density at radius 2 is 2.05 bits per heavy atom. The number of nitrogens with one attached hydrogen (secondary N) is 1. The van der Waals surface area contributed by atoms with Gasteiger partial charge in [-0.15, -0.1) is 0 Å². The van der Waals surface area contributed by atoms with E-state index in [1.807, 2.05) is 20.8 Å². The Balaban J connectivity index is 2.42. The van der Waals surface area contributed by atoms with E-state index >= 15 is 0 Å². The van der Waals surface area contributed by atoms with Crippen molar-refractivity contribution in [2.24, 2.45) is 11.3 Å². The third kappa shape index (κ3) is 6.02. The predicted molar refractivity (Wildman–Crippen MR) is 68.8 cm³/mol. The van der Waals surface area contributed by atoms with Gasteiger partial charge < -0.3 is 19.9 Å². The van der Waals surface area contributed by atoms with E-state index in [-0.39, 0.29) is 24.5 Å². The number of carboxylic acid groups (broad SMARTS) is 1. The van der Waals surface area contributed by atoms with E-state index < -0.39 is 18.0 Å². The Labute approximate surface area is 113 Å². The molecule has 0 aliphatic carbocycles. The van der Waals surface area contributed by atoms with Crippen LogP contribution in [0.1, 0.15) is 27.2 Å². The molecule has 2 atom stereocenters. The third-order valence-corrected chi connectivity index (χ3v) is 2.84. The maximum atomic E-state index is 11.8. The minimum Gasteiger partial charge on any atom is -0.481 e. The average molecular weight is 273 g/mol. The van der Waals surface area contributed by atoms with E-state index in [0.717, 1.165) is 0 Å². The van der Waals surface area contributed by atoms with Crippen LogP contribution in [0.3, 0.4) is 0 Å². The molecule has 0 radical (unpaired) electrons. The molecule has 1 aliphatic rings. The fourth-order valence-corrected chi connectivity index (χ4v) is 1.96. The molecule has 0 aromatic carbocycles. The second-order valence-corrected chi connectivity index (χ2v) is 5.98. The van der Waals surface area contributed by atoms with Crippen LogP contribution in [0, 0.1) is 11.3 Å². The summed E-state index contributed by atoms with van der Waals surface area (Å²) < 4.78 is 10.4. The van der Waals surface area contributed by atoms with E-state index in [1.54, 1.807) is 0 Å². The Morgan fingerprint density at radius 3 is 2.53 bits per heavy atom. The number of hydrogen-bond acceptors (Lipinski definition) is 4. The van der Waals surface area contributed by atoms with Crippen molar-refractivity contribution in [1.82, 2.24) is 5.32 Å². The number of ether oxygens (including phenoxy) is 2. The highest BCUT2D eigenvalue weighted by Gasteiger charge is 2.27. The maximum Gasteiger partial charge on any atom is 0.308 e. The van der Waals surface area contributed by atoms with Gasteiger partial charge in [0, 0.05) is 6.54 Å². The first kappa shape index (κ1) is 15.9. The molecule has 6 heteroatoms. The van der Waals surface area contributed by atoms with Crippen LogP contribution < -0.4 is 5.32 Å². The smallest absolute Gasteiger partial charge is 0.308 e. The van der Waals surface area contributed by atoms with Gasteiger partial charge in [0.05, 0.1) is 25.7 Å². The van der Waals surface area contributed by atoms with Crippen molar-refractivity contribution in [3.63, 3.8) is 0 Å². The number of amides is 1. The molecule has 1 amide bonds. The number of rotatable bonds is 5. The van der Waals surface area contributed by atoms with Crippen LogP contribution in [0.25, 0.3) is 0 Å². The molecule has 1 fully saturated rings. The van der Waals surface area contributed by atoms with Crippen LogP contribution >= 0.6 is 0 Å². The molecule has 0 aromatic rings. The SMILES string of the molecule is CC(C)(C)CC(CNC(=O)C1COCCO1)C(=O)O. The molecule has 1 heterocycles. The van der Waals surface area contributed by atoms with Gasteiger partial charge in [0.2, 0.25) is 0 Å². The number of aliphatic carboxylic acids is 1. The lowest BCUT2D eigenvalue weighted by Crippen LogP contribution is -2.45. The summed E-state index contributed by atoms with van der Waals surface area (Å²) in [5.41, 5.74) is -0.0990. The first-order valence-corrected chi connectivity index (χ1v) is 6.49. The van der Waals surface area contributed by atoms with Crippen molar-refractivity contribution >= 4 is 11.9 Å². The van der Waals surface area contributed by atoms with Gasteiger partial charge in [-0.2, -0.15) is 0 Å². The third-order valence-electron chi connectivity index (χ3n) is 2.84. The zero-order chi connectivity index (χ0) is 14.5. The largest absolute Gasteiger partial charge is 0.481 e. The molecule has 1 aliphatic heterocycles. The maximum absolute atomic E-state index is 11.8. The van der Waals surface area contributed by atoms with Crippen molar-refractivity contribution in [3.8, 4) is 0 Å². The van der Waals surface area contributed by atoms with Gasteiger partial charge >= 0.3 is 5.97 Å². The van der Waals surface area contributed by atoms with Crippen LogP contribution in [-0.4, -0.2) is 49.5 Å². The molecule has 0 saturated carbocycles. The van der Waals surface area contributed by atoms with E-state index in [1.165, 1.54) is 0 Å². The highest BCUT2D eigenvalue weighted by Crippen LogP contribution is 2.24. The number of carbonyl (C=O) groups is 2. The zero-order valence-electron chi connectivity index (χ0n) is 11.8. The first-order chi connectivity index (χ1) is 8.79. The second kappa shape index (κ2) is 6.86. The summed E-state index contributed by atoms with van der Waals surface area (Å²) in [6, 6.07) is 0.